The first-order valence-electron chi connectivity index (χ1n) is 5.15. The summed E-state index contributed by atoms with van der Waals surface area (Å²) in [6.07, 6.45) is -3.52. The van der Waals surface area contributed by atoms with E-state index in [-0.39, 0.29) is 0 Å². The Morgan fingerprint density at radius 2 is 2.16 bits per heavy atom. The van der Waals surface area contributed by atoms with Gasteiger partial charge in [-0.25, -0.2) is 4.98 Å². The molecular formula is C10H9F3N4S2. The summed E-state index contributed by atoms with van der Waals surface area (Å²) in [7, 11) is 1.76. The third kappa shape index (κ3) is 3.57. The van der Waals surface area contributed by atoms with E-state index in [0.717, 1.165) is 23.0 Å². The van der Waals surface area contributed by atoms with Crippen LogP contribution in [-0.4, -0.2) is 21.6 Å². The number of alkyl halides is 3. The van der Waals surface area contributed by atoms with Crippen LogP contribution < -0.4 is 5.32 Å². The Morgan fingerprint density at radius 1 is 1.37 bits per heavy atom. The van der Waals surface area contributed by atoms with Gasteiger partial charge in [0.1, 0.15) is 10.7 Å². The van der Waals surface area contributed by atoms with Crippen LogP contribution in [0.3, 0.4) is 0 Å². The number of thioether (sulfide) groups is 1. The van der Waals surface area contributed by atoms with Crippen molar-refractivity contribution >= 4 is 28.3 Å². The predicted octanol–water partition coefficient (Wildman–Crippen LogP) is 3.29. The lowest BCUT2D eigenvalue weighted by Gasteiger charge is -2.06. The molecule has 0 saturated carbocycles. The number of hydrogen-bond acceptors (Lipinski definition) is 6. The van der Waals surface area contributed by atoms with Gasteiger partial charge in [-0.3, -0.25) is 0 Å². The quantitative estimate of drug-likeness (QED) is 0.879. The van der Waals surface area contributed by atoms with Gasteiger partial charge in [0.2, 0.25) is 0 Å². The summed E-state index contributed by atoms with van der Waals surface area (Å²) in [6.45, 7) is 0. The van der Waals surface area contributed by atoms with E-state index in [1.165, 1.54) is 29.4 Å². The van der Waals surface area contributed by atoms with Crippen molar-refractivity contribution in [2.75, 3.05) is 12.4 Å². The lowest BCUT2D eigenvalue weighted by atomic mass is 10.3. The lowest BCUT2D eigenvalue weighted by molar-refractivity contribution is -0.137. The number of anilines is 1. The number of halogens is 3. The van der Waals surface area contributed by atoms with Crippen LogP contribution in [0.2, 0.25) is 0 Å². The first kappa shape index (κ1) is 14.1. The van der Waals surface area contributed by atoms with Crippen molar-refractivity contribution in [1.29, 1.82) is 0 Å². The molecule has 2 aromatic rings. The Kier molecular flexibility index (Phi) is 4.25. The highest BCUT2D eigenvalue weighted by Gasteiger charge is 2.30. The topological polar surface area (TPSA) is 50.7 Å². The Hall–Kier alpha value is -1.35. The number of pyridine rings is 1. The van der Waals surface area contributed by atoms with E-state index < -0.39 is 11.7 Å². The monoisotopic (exact) mass is 306 g/mol. The van der Waals surface area contributed by atoms with Gasteiger partial charge in [0.25, 0.3) is 0 Å². The fourth-order valence-electron chi connectivity index (χ4n) is 1.27. The number of nitrogens with one attached hydrogen (secondary N) is 1. The Balaban J connectivity index is 2.01. The lowest BCUT2D eigenvalue weighted by Crippen LogP contribution is -2.05. The first-order valence-corrected chi connectivity index (χ1v) is 6.91. The van der Waals surface area contributed by atoms with Crippen LogP contribution in [0.4, 0.5) is 18.2 Å². The summed E-state index contributed by atoms with van der Waals surface area (Å²) in [5.74, 6) is 0.505. The maximum absolute atomic E-state index is 12.4. The third-order valence-corrected chi connectivity index (χ3v) is 3.94. The van der Waals surface area contributed by atoms with Crippen molar-refractivity contribution in [2.24, 2.45) is 0 Å². The number of rotatable bonds is 4. The predicted molar refractivity (Wildman–Crippen MR) is 68.3 cm³/mol. The maximum atomic E-state index is 12.4. The molecule has 0 aromatic carbocycles. The second-order valence-electron chi connectivity index (χ2n) is 3.47. The van der Waals surface area contributed by atoms with Crippen LogP contribution in [0, 0.1) is 0 Å². The van der Waals surface area contributed by atoms with Gasteiger partial charge in [0.15, 0.2) is 0 Å². The fourth-order valence-corrected chi connectivity index (χ4v) is 2.67. The van der Waals surface area contributed by atoms with Crippen LogP contribution in [0.1, 0.15) is 11.3 Å². The van der Waals surface area contributed by atoms with E-state index in [1.54, 1.807) is 7.05 Å². The molecule has 0 amide bonds. The number of aromatic nitrogens is 3. The average Bonchev–Trinajstić information content (AvgIpc) is 2.83. The number of nitrogens with zero attached hydrogens (tertiary/aromatic N) is 3. The van der Waals surface area contributed by atoms with E-state index in [0.29, 0.717) is 10.8 Å². The Labute approximate surface area is 115 Å². The van der Waals surface area contributed by atoms with Gasteiger partial charge in [-0.2, -0.15) is 13.2 Å². The molecule has 2 aromatic heterocycles. The molecule has 0 radical (unpaired) electrons. The number of hydrogen-bond donors (Lipinski definition) is 1. The highest BCUT2D eigenvalue weighted by Crippen LogP contribution is 2.30. The standard InChI is InChI=1S/C10H9F3N4S2/c1-14-9-7(16-17-19-9)5-18-8-3-2-6(4-15-8)10(11,12)13/h2-4,14H,5H2,1H3. The minimum absolute atomic E-state index is 0.505. The van der Waals surface area contributed by atoms with Crippen molar-refractivity contribution in [3.8, 4) is 0 Å². The van der Waals surface area contributed by atoms with Gasteiger partial charge in [0.05, 0.1) is 10.6 Å². The van der Waals surface area contributed by atoms with E-state index in [9.17, 15) is 13.2 Å². The summed E-state index contributed by atoms with van der Waals surface area (Å²) in [5, 5.41) is 8.25. The summed E-state index contributed by atoms with van der Waals surface area (Å²) < 4.78 is 40.9. The van der Waals surface area contributed by atoms with Crippen LogP contribution in [0.25, 0.3) is 0 Å². The fraction of sp³-hybridized carbons (Fsp3) is 0.300. The molecule has 0 bridgehead atoms. The van der Waals surface area contributed by atoms with Gasteiger partial charge in [0, 0.05) is 30.5 Å². The largest absolute Gasteiger partial charge is 0.417 e. The van der Waals surface area contributed by atoms with E-state index >= 15 is 0 Å². The molecule has 0 spiro atoms. The van der Waals surface area contributed by atoms with Crippen LogP contribution in [0.5, 0.6) is 0 Å². The van der Waals surface area contributed by atoms with Gasteiger partial charge in [-0.05, 0) is 12.1 Å². The molecule has 2 rings (SSSR count). The SMILES string of the molecule is CNc1snnc1CSc1ccc(C(F)(F)F)cn1. The van der Waals surface area contributed by atoms with Crippen LogP contribution in [-0.2, 0) is 11.9 Å². The average molecular weight is 306 g/mol. The second kappa shape index (κ2) is 5.74. The molecule has 102 valence electrons. The Morgan fingerprint density at radius 3 is 2.74 bits per heavy atom. The van der Waals surface area contributed by atoms with Crippen LogP contribution >= 0.6 is 23.3 Å². The van der Waals surface area contributed by atoms with Crippen molar-refractivity contribution in [1.82, 2.24) is 14.6 Å². The summed E-state index contributed by atoms with van der Waals surface area (Å²) in [4.78, 5) is 3.78. The molecule has 0 saturated heterocycles. The van der Waals surface area contributed by atoms with Crippen molar-refractivity contribution < 1.29 is 13.2 Å². The molecule has 9 heteroatoms. The third-order valence-electron chi connectivity index (χ3n) is 2.20. The minimum atomic E-state index is -4.35. The summed E-state index contributed by atoms with van der Waals surface area (Å²) in [5.41, 5.74) is 0.0160. The van der Waals surface area contributed by atoms with Gasteiger partial charge < -0.3 is 5.32 Å². The highest BCUT2D eigenvalue weighted by molar-refractivity contribution is 7.98. The molecule has 0 aliphatic rings. The summed E-state index contributed by atoms with van der Waals surface area (Å²) in [6, 6.07) is 2.37. The molecule has 0 unspecified atom stereocenters. The molecule has 0 atom stereocenters. The Bertz CT molecular complexity index is 538. The van der Waals surface area contributed by atoms with E-state index in [1.807, 2.05) is 0 Å². The smallest absolute Gasteiger partial charge is 0.377 e. The van der Waals surface area contributed by atoms with Crippen molar-refractivity contribution in [2.45, 2.75) is 17.0 Å². The van der Waals surface area contributed by atoms with Crippen molar-refractivity contribution in [3.05, 3.63) is 29.6 Å². The zero-order chi connectivity index (χ0) is 13.9. The molecule has 1 N–H and O–H groups in total. The van der Waals surface area contributed by atoms with Gasteiger partial charge in [-0.15, -0.1) is 5.10 Å². The normalized spacial score (nSPS) is 11.6. The minimum Gasteiger partial charge on any atom is -0.377 e. The van der Waals surface area contributed by atoms with E-state index in [4.69, 9.17) is 0 Å². The van der Waals surface area contributed by atoms with Gasteiger partial charge >= 0.3 is 6.18 Å². The molecule has 0 fully saturated rings. The summed E-state index contributed by atoms with van der Waals surface area (Å²) >= 11 is 2.55. The zero-order valence-corrected chi connectivity index (χ0v) is 11.4. The maximum Gasteiger partial charge on any atom is 0.417 e. The van der Waals surface area contributed by atoms with Crippen LogP contribution in [0.15, 0.2) is 23.4 Å². The molecule has 0 aliphatic carbocycles. The zero-order valence-electron chi connectivity index (χ0n) is 9.73. The van der Waals surface area contributed by atoms with Crippen molar-refractivity contribution in [3.63, 3.8) is 0 Å². The second-order valence-corrected chi connectivity index (χ2v) is 5.22. The molecule has 2 heterocycles. The molecule has 0 aliphatic heterocycles. The molecular weight excluding hydrogens is 297 g/mol. The van der Waals surface area contributed by atoms with Gasteiger partial charge in [-0.1, -0.05) is 16.3 Å². The molecule has 4 nitrogen and oxygen atoms in total. The first-order chi connectivity index (χ1) is 9.00. The van der Waals surface area contributed by atoms with E-state index in [2.05, 4.69) is 19.9 Å². The molecule has 19 heavy (non-hydrogen) atoms. The highest BCUT2D eigenvalue weighted by atomic mass is 32.2.